The Morgan fingerprint density at radius 1 is 1.41 bits per heavy atom. The average Bonchev–Trinajstić information content (AvgIpc) is 2.27. The van der Waals surface area contributed by atoms with E-state index in [4.69, 9.17) is 5.11 Å². The van der Waals surface area contributed by atoms with Crippen LogP contribution < -0.4 is 10.6 Å². The van der Waals surface area contributed by atoms with Gasteiger partial charge in [-0.2, -0.15) is 0 Å². The van der Waals surface area contributed by atoms with Crippen molar-refractivity contribution in [3.8, 4) is 0 Å². The molecule has 1 aromatic rings. The monoisotopic (exact) mass is 235 g/mol. The Hall–Kier alpha value is -2.24. The molecule has 0 bridgehead atoms. The summed E-state index contributed by atoms with van der Waals surface area (Å²) < 4.78 is 0. The number of aryl methyl sites for hydroxylation is 1. The maximum absolute atomic E-state index is 11.9. The van der Waals surface area contributed by atoms with Crippen molar-refractivity contribution < 1.29 is 14.7 Å². The highest BCUT2D eigenvalue weighted by atomic mass is 16.4. The minimum atomic E-state index is -1.11. The van der Waals surface area contributed by atoms with Crippen molar-refractivity contribution in [3.05, 3.63) is 29.3 Å². The molecule has 2 amide bonds. The largest absolute Gasteiger partial charge is 0.465 e. The number of carboxylic acid groups (broad SMARTS) is 1. The van der Waals surface area contributed by atoms with E-state index in [1.807, 2.05) is 19.1 Å². The molecule has 0 fully saturated rings. The van der Waals surface area contributed by atoms with Crippen LogP contribution in [-0.2, 0) is 0 Å². The maximum atomic E-state index is 11.9. The SMILES string of the molecule is Cc1cccc2c1C(=O)NC(N(C)C(=O)O)N2. The Morgan fingerprint density at radius 3 is 2.76 bits per heavy atom. The molecular weight excluding hydrogens is 222 g/mol. The highest BCUT2D eigenvalue weighted by molar-refractivity contribution is 6.03. The molecule has 0 saturated heterocycles. The molecule has 0 aromatic heterocycles. The summed E-state index contributed by atoms with van der Waals surface area (Å²) in [6.07, 6.45) is -1.85. The first kappa shape index (κ1) is 11.3. The smallest absolute Gasteiger partial charge is 0.410 e. The van der Waals surface area contributed by atoms with Crippen LogP contribution in [0.5, 0.6) is 0 Å². The number of nitrogens with one attached hydrogen (secondary N) is 2. The van der Waals surface area contributed by atoms with Gasteiger partial charge in [-0.15, -0.1) is 0 Å². The molecule has 1 atom stereocenters. The molecule has 1 heterocycles. The number of amides is 2. The fourth-order valence-corrected chi connectivity index (χ4v) is 1.77. The molecule has 17 heavy (non-hydrogen) atoms. The molecular formula is C11H13N3O3. The summed E-state index contributed by atoms with van der Waals surface area (Å²) in [7, 11) is 1.39. The van der Waals surface area contributed by atoms with Crippen LogP contribution in [0.4, 0.5) is 10.5 Å². The normalized spacial score (nSPS) is 17.8. The molecule has 90 valence electrons. The van der Waals surface area contributed by atoms with E-state index in [9.17, 15) is 9.59 Å². The van der Waals surface area contributed by atoms with Crippen LogP contribution in [0.2, 0.25) is 0 Å². The molecule has 1 aliphatic heterocycles. The van der Waals surface area contributed by atoms with Crippen LogP contribution in [0, 0.1) is 6.92 Å². The van der Waals surface area contributed by atoms with Gasteiger partial charge in [-0.05, 0) is 18.6 Å². The minimum Gasteiger partial charge on any atom is -0.465 e. The molecule has 0 saturated carbocycles. The van der Waals surface area contributed by atoms with E-state index in [1.54, 1.807) is 6.07 Å². The van der Waals surface area contributed by atoms with E-state index < -0.39 is 12.4 Å². The topological polar surface area (TPSA) is 81.7 Å². The first-order valence-electron chi connectivity index (χ1n) is 5.13. The van der Waals surface area contributed by atoms with E-state index in [1.165, 1.54) is 7.05 Å². The molecule has 1 unspecified atom stereocenters. The van der Waals surface area contributed by atoms with E-state index in [2.05, 4.69) is 10.6 Å². The number of carbonyl (C=O) groups excluding carboxylic acids is 1. The van der Waals surface area contributed by atoms with Crippen LogP contribution >= 0.6 is 0 Å². The van der Waals surface area contributed by atoms with E-state index >= 15 is 0 Å². The summed E-state index contributed by atoms with van der Waals surface area (Å²) in [6, 6.07) is 5.41. The summed E-state index contributed by atoms with van der Waals surface area (Å²) in [5, 5.41) is 14.4. The molecule has 0 spiro atoms. The van der Waals surface area contributed by atoms with E-state index in [0.29, 0.717) is 11.3 Å². The molecule has 0 radical (unpaired) electrons. The van der Waals surface area contributed by atoms with Crippen molar-refractivity contribution >= 4 is 17.7 Å². The summed E-state index contributed by atoms with van der Waals surface area (Å²) in [5.74, 6) is -0.269. The van der Waals surface area contributed by atoms with Crippen LogP contribution in [0.3, 0.4) is 0 Å². The summed E-state index contributed by atoms with van der Waals surface area (Å²) >= 11 is 0. The lowest BCUT2D eigenvalue weighted by atomic mass is 10.0. The van der Waals surface area contributed by atoms with Crippen molar-refractivity contribution in [1.29, 1.82) is 0 Å². The van der Waals surface area contributed by atoms with Gasteiger partial charge >= 0.3 is 6.09 Å². The Morgan fingerprint density at radius 2 is 2.12 bits per heavy atom. The standard InChI is InChI=1S/C11H13N3O3/c1-6-4-3-5-7-8(6)9(15)13-10(12-7)14(2)11(16)17/h3-5,10,12H,1-2H3,(H,13,15)(H,16,17). The molecule has 6 nitrogen and oxygen atoms in total. The first-order chi connectivity index (χ1) is 8.00. The number of carbonyl (C=O) groups is 2. The van der Waals surface area contributed by atoms with Gasteiger partial charge in [-0.1, -0.05) is 12.1 Å². The van der Waals surface area contributed by atoms with Gasteiger partial charge < -0.3 is 15.7 Å². The second-order valence-corrected chi connectivity index (χ2v) is 3.91. The number of fused-ring (bicyclic) bond motifs is 1. The Labute approximate surface area is 98.2 Å². The third kappa shape index (κ3) is 1.89. The highest BCUT2D eigenvalue weighted by Crippen LogP contribution is 2.23. The van der Waals surface area contributed by atoms with Crippen molar-refractivity contribution in [2.45, 2.75) is 13.2 Å². The molecule has 0 aliphatic carbocycles. The van der Waals surface area contributed by atoms with Gasteiger partial charge in [0, 0.05) is 7.05 Å². The number of hydrogen-bond donors (Lipinski definition) is 3. The predicted octanol–water partition coefficient (Wildman–Crippen LogP) is 1.04. The second kappa shape index (κ2) is 3.97. The number of nitrogens with zero attached hydrogens (tertiary/aromatic N) is 1. The van der Waals surface area contributed by atoms with Gasteiger partial charge in [0.1, 0.15) is 0 Å². The first-order valence-corrected chi connectivity index (χ1v) is 5.13. The lowest BCUT2D eigenvalue weighted by molar-refractivity contribution is 0.0870. The molecule has 1 aliphatic rings. The fraction of sp³-hybridized carbons (Fsp3) is 0.273. The summed E-state index contributed by atoms with van der Waals surface area (Å²) in [5.41, 5.74) is 2.05. The van der Waals surface area contributed by atoms with Crippen LogP contribution in [0.15, 0.2) is 18.2 Å². The maximum Gasteiger partial charge on any atom is 0.410 e. The van der Waals surface area contributed by atoms with Gasteiger partial charge in [0.25, 0.3) is 5.91 Å². The van der Waals surface area contributed by atoms with Gasteiger partial charge in [0.15, 0.2) is 6.29 Å². The Bertz CT molecular complexity index is 487. The number of hydrogen-bond acceptors (Lipinski definition) is 3. The van der Waals surface area contributed by atoms with Crippen LogP contribution in [-0.4, -0.2) is 35.3 Å². The summed E-state index contributed by atoms with van der Waals surface area (Å²) in [6.45, 7) is 1.83. The highest BCUT2D eigenvalue weighted by Gasteiger charge is 2.29. The van der Waals surface area contributed by atoms with Gasteiger partial charge in [0.05, 0.1) is 11.3 Å². The van der Waals surface area contributed by atoms with Crippen molar-refractivity contribution in [2.24, 2.45) is 0 Å². The fourth-order valence-electron chi connectivity index (χ4n) is 1.77. The lowest BCUT2D eigenvalue weighted by Crippen LogP contribution is -2.55. The number of anilines is 1. The summed E-state index contributed by atoms with van der Waals surface area (Å²) in [4.78, 5) is 23.7. The Kier molecular flexibility index (Phi) is 2.63. The quantitative estimate of drug-likeness (QED) is 0.679. The Balaban J connectivity index is 2.34. The zero-order valence-electron chi connectivity index (χ0n) is 9.52. The zero-order valence-corrected chi connectivity index (χ0v) is 9.52. The minimum absolute atomic E-state index is 0.269. The molecule has 2 rings (SSSR count). The van der Waals surface area contributed by atoms with E-state index in [-0.39, 0.29) is 5.91 Å². The molecule has 6 heteroatoms. The van der Waals surface area contributed by atoms with Crippen LogP contribution in [0.25, 0.3) is 0 Å². The van der Waals surface area contributed by atoms with E-state index in [0.717, 1.165) is 10.5 Å². The number of rotatable bonds is 1. The molecule has 1 aromatic carbocycles. The predicted molar refractivity (Wildman–Crippen MR) is 61.8 cm³/mol. The van der Waals surface area contributed by atoms with Crippen molar-refractivity contribution in [3.63, 3.8) is 0 Å². The van der Waals surface area contributed by atoms with Gasteiger partial charge in [0.2, 0.25) is 0 Å². The third-order valence-corrected chi connectivity index (χ3v) is 2.75. The lowest BCUT2D eigenvalue weighted by Gasteiger charge is -2.33. The van der Waals surface area contributed by atoms with Gasteiger partial charge in [-0.3, -0.25) is 9.69 Å². The molecule has 3 N–H and O–H groups in total. The van der Waals surface area contributed by atoms with Crippen molar-refractivity contribution in [1.82, 2.24) is 10.2 Å². The second-order valence-electron chi connectivity index (χ2n) is 3.91. The van der Waals surface area contributed by atoms with Crippen molar-refractivity contribution in [2.75, 3.05) is 12.4 Å². The average molecular weight is 235 g/mol. The number of benzene rings is 1. The third-order valence-electron chi connectivity index (χ3n) is 2.75. The zero-order chi connectivity index (χ0) is 12.6. The van der Waals surface area contributed by atoms with Crippen LogP contribution in [0.1, 0.15) is 15.9 Å². The van der Waals surface area contributed by atoms with Gasteiger partial charge in [-0.25, -0.2) is 4.79 Å².